The summed E-state index contributed by atoms with van der Waals surface area (Å²) < 4.78 is 1.29. The number of thiophene rings is 1. The van der Waals surface area contributed by atoms with Crippen molar-refractivity contribution >= 4 is 39.7 Å². The van der Waals surface area contributed by atoms with Gasteiger partial charge in [0, 0.05) is 23.2 Å². The Hall–Kier alpha value is -1.10. The van der Waals surface area contributed by atoms with Crippen LogP contribution in [0.2, 0.25) is 0 Å². The monoisotopic (exact) mass is 364 g/mol. The number of hydrogen-bond donors (Lipinski definition) is 2. The molecular formula is C19H25ClN2OS. The Labute approximate surface area is 153 Å². The zero-order valence-electron chi connectivity index (χ0n) is 13.7. The number of amides is 1. The molecule has 130 valence electrons. The third-order valence-electron chi connectivity index (χ3n) is 5.80. The zero-order chi connectivity index (χ0) is 15.8. The van der Waals surface area contributed by atoms with E-state index in [1.807, 2.05) is 0 Å². The maximum atomic E-state index is 12.6. The Morgan fingerprint density at radius 3 is 2.67 bits per heavy atom. The highest BCUT2D eigenvalue weighted by atomic mass is 35.5. The smallest absolute Gasteiger partial charge is 0.223 e. The predicted octanol–water partition coefficient (Wildman–Crippen LogP) is 4.09. The van der Waals surface area contributed by atoms with Crippen LogP contribution in [-0.4, -0.2) is 11.9 Å². The molecule has 3 N–H and O–H groups in total. The number of rotatable bonds is 3. The minimum absolute atomic E-state index is 0. The highest BCUT2D eigenvalue weighted by molar-refractivity contribution is 7.17. The van der Waals surface area contributed by atoms with Gasteiger partial charge in [-0.05, 0) is 59.9 Å². The van der Waals surface area contributed by atoms with Crippen LogP contribution in [0.4, 0.5) is 0 Å². The molecule has 2 saturated carbocycles. The van der Waals surface area contributed by atoms with E-state index in [1.165, 1.54) is 34.9 Å². The number of halogens is 1. The summed E-state index contributed by atoms with van der Waals surface area (Å²) in [5, 5.41) is 6.61. The first-order chi connectivity index (χ1) is 11.2. The highest BCUT2D eigenvalue weighted by Gasteiger charge is 2.40. The summed E-state index contributed by atoms with van der Waals surface area (Å²) in [5.74, 6) is 1.50. The van der Waals surface area contributed by atoms with E-state index in [0.29, 0.717) is 24.4 Å². The van der Waals surface area contributed by atoms with Crippen LogP contribution in [-0.2, 0) is 11.3 Å². The molecule has 2 aliphatic carbocycles. The van der Waals surface area contributed by atoms with Crippen LogP contribution in [0, 0.1) is 17.8 Å². The largest absolute Gasteiger partial charge is 0.352 e. The second kappa shape index (κ2) is 7.42. The maximum absolute atomic E-state index is 12.6. The first kappa shape index (κ1) is 17.7. The van der Waals surface area contributed by atoms with Gasteiger partial charge in [-0.2, -0.15) is 0 Å². The Bertz CT molecular complexity index is 702. The van der Waals surface area contributed by atoms with Crippen LogP contribution in [0.25, 0.3) is 10.1 Å². The Balaban J connectivity index is 0.00000169. The molecule has 1 aromatic carbocycles. The van der Waals surface area contributed by atoms with Gasteiger partial charge in [0.1, 0.15) is 0 Å². The van der Waals surface area contributed by atoms with Gasteiger partial charge >= 0.3 is 0 Å². The number of carbonyl (C=O) groups excluding carboxylic acids is 1. The van der Waals surface area contributed by atoms with Crippen LogP contribution in [0.15, 0.2) is 29.6 Å². The molecule has 2 atom stereocenters. The summed E-state index contributed by atoms with van der Waals surface area (Å²) in [6.45, 7) is 0.640. The summed E-state index contributed by atoms with van der Waals surface area (Å²) in [6.07, 6.45) is 5.66. The lowest BCUT2D eigenvalue weighted by Crippen LogP contribution is -2.49. The van der Waals surface area contributed by atoms with Crippen molar-refractivity contribution in [2.75, 3.05) is 0 Å². The van der Waals surface area contributed by atoms with Crippen molar-refractivity contribution in [3.05, 3.63) is 35.2 Å². The standard InChI is InChI=1S/C19H24N2OS.ClH/c20-18-12-4-3-5-13(18)9-14(8-12)19(22)21-10-15-11-23-17-7-2-1-6-16(15)17;/h1-2,6-7,11-14,18H,3-5,8-10,20H2,(H,21,22);1H. The molecule has 0 saturated heterocycles. The molecular weight excluding hydrogens is 340 g/mol. The van der Waals surface area contributed by atoms with Gasteiger partial charge in [0.05, 0.1) is 0 Å². The number of nitrogens with one attached hydrogen (secondary N) is 1. The molecule has 2 aromatic rings. The van der Waals surface area contributed by atoms with Gasteiger partial charge in [-0.3, -0.25) is 4.79 Å². The van der Waals surface area contributed by atoms with Gasteiger partial charge in [-0.1, -0.05) is 24.6 Å². The van der Waals surface area contributed by atoms with Crippen molar-refractivity contribution in [1.82, 2.24) is 5.32 Å². The summed E-state index contributed by atoms with van der Waals surface area (Å²) >= 11 is 1.75. The lowest BCUT2D eigenvalue weighted by molar-refractivity contribution is -0.128. The fraction of sp³-hybridized carbons (Fsp3) is 0.526. The van der Waals surface area contributed by atoms with Gasteiger partial charge in [-0.25, -0.2) is 0 Å². The first-order valence-electron chi connectivity index (χ1n) is 8.71. The average molecular weight is 365 g/mol. The van der Waals surface area contributed by atoms with Crippen LogP contribution in [0.3, 0.4) is 0 Å². The molecule has 2 aliphatic rings. The minimum atomic E-state index is 0. The molecule has 5 heteroatoms. The SMILES string of the molecule is Cl.NC1C2CCCC1CC(C(=O)NCc1csc3ccccc13)C2. The van der Waals surface area contributed by atoms with Crippen molar-refractivity contribution in [2.24, 2.45) is 23.5 Å². The topological polar surface area (TPSA) is 55.1 Å². The van der Waals surface area contributed by atoms with E-state index in [0.717, 1.165) is 12.8 Å². The summed E-state index contributed by atoms with van der Waals surface area (Å²) in [5.41, 5.74) is 7.56. The molecule has 3 nitrogen and oxygen atoms in total. The normalized spacial score (nSPS) is 29.0. The lowest BCUT2D eigenvalue weighted by atomic mass is 9.65. The van der Waals surface area contributed by atoms with Crippen LogP contribution < -0.4 is 11.1 Å². The van der Waals surface area contributed by atoms with Gasteiger partial charge in [0.2, 0.25) is 5.91 Å². The van der Waals surface area contributed by atoms with Crippen molar-refractivity contribution in [3.63, 3.8) is 0 Å². The van der Waals surface area contributed by atoms with Gasteiger partial charge in [0.15, 0.2) is 0 Å². The van der Waals surface area contributed by atoms with Crippen molar-refractivity contribution in [1.29, 1.82) is 0 Å². The number of hydrogen-bond acceptors (Lipinski definition) is 3. The van der Waals surface area contributed by atoms with Gasteiger partial charge in [-0.15, -0.1) is 23.7 Å². The Kier molecular flexibility index (Phi) is 5.48. The second-order valence-corrected chi connectivity index (χ2v) is 8.08. The van der Waals surface area contributed by atoms with E-state index in [4.69, 9.17) is 5.73 Å². The first-order valence-corrected chi connectivity index (χ1v) is 9.58. The number of benzene rings is 1. The average Bonchev–Trinajstić information content (AvgIpc) is 2.95. The van der Waals surface area contributed by atoms with E-state index in [1.54, 1.807) is 11.3 Å². The van der Waals surface area contributed by atoms with Crippen LogP contribution in [0.1, 0.15) is 37.7 Å². The molecule has 0 radical (unpaired) electrons. The van der Waals surface area contributed by atoms with Crippen molar-refractivity contribution < 1.29 is 4.79 Å². The Morgan fingerprint density at radius 2 is 1.92 bits per heavy atom. The third-order valence-corrected chi connectivity index (χ3v) is 6.81. The van der Waals surface area contributed by atoms with E-state index in [2.05, 4.69) is 35.0 Å². The maximum Gasteiger partial charge on any atom is 0.223 e. The molecule has 4 rings (SSSR count). The predicted molar refractivity (Wildman–Crippen MR) is 102 cm³/mol. The number of carbonyl (C=O) groups is 1. The van der Waals surface area contributed by atoms with Crippen molar-refractivity contribution in [2.45, 2.75) is 44.7 Å². The summed E-state index contributed by atoms with van der Waals surface area (Å²) in [7, 11) is 0. The summed E-state index contributed by atoms with van der Waals surface area (Å²) in [4.78, 5) is 12.6. The molecule has 1 amide bonds. The highest BCUT2D eigenvalue weighted by Crippen LogP contribution is 2.41. The fourth-order valence-corrected chi connectivity index (χ4v) is 5.46. The molecule has 24 heavy (non-hydrogen) atoms. The van der Waals surface area contributed by atoms with Gasteiger partial charge < -0.3 is 11.1 Å². The third kappa shape index (κ3) is 3.32. The molecule has 2 fully saturated rings. The molecule has 1 aromatic heterocycles. The van der Waals surface area contributed by atoms with Crippen LogP contribution in [0.5, 0.6) is 0 Å². The fourth-order valence-electron chi connectivity index (χ4n) is 4.50. The van der Waals surface area contributed by atoms with E-state index in [-0.39, 0.29) is 24.2 Å². The molecule has 2 bridgehead atoms. The lowest BCUT2D eigenvalue weighted by Gasteiger charge is -2.43. The van der Waals surface area contributed by atoms with Crippen LogP contribution >= 0.6 is 23.7 Å². The number of nitrogens with two attached hydrogens (primary N) is 1. The zero-order valence-corrected chi connectivity index (χ0v) is 15.4. The molecule has 2 unspecified atom stereocenters. The summed E-state index contributed by atoms with van der Waals surface area (Å²) in [6, 6.07) is 8.72. The molecule has 1 heterocycles. The number of fused-ring (bicyclic) bond motifs is 3. The second-order valence-electron chi connectivity index (χ2n) is 7.17. The minimum Gasteiger partial charge on any atom is -0.352 e. The Morgan fingerprint density at radius 1 is 1.21 bits per heavy atom. The van der Waals surface area contributed by atoms with E-state index in [9.17, 15) is 4.79 Å². The van der Waals surface area contributed by atoms with E-state index < -0.39 is 0 Å². The van der Waals surface area contributed by atoms with E-state index >= 15 is 0 Å². The van der Waals surface area contributed by atoms with Crippen molar-refractivity contribution in [3.8, 4) is 0 Å². The molecule has 0 spiro atoms. The molecule has 0 aliphatic heterocycles. The van der Waals surface area contributed by atoms with Gasteiger partial charge in [0.25, 0.3) is 0 Å². The quantitative estimate of drug-likeness (QED) is 0.861.